The molecule has 0 bridgehead atoms. The highest BCUT2D eigenvalue weighted by Gasteiger charge is 2.14. The molecule has 0 radical (unpaired) electrons. The molecule has 0 spiro atoms. The average molecular weight is 440 g/mol. The largest absolute Gasteiger partial charge is 0.494 e. The van der Waals surface area contributed by atoms with E-state index in [2.05, 4.69) is 36.5 Å². The molecule has 0 aliphatic heterocycles. The third kappa shape index (κ3) is 6.04. The van der Waals surface area contributed by atoms with Crippen LogP contribution in [0.4, 0.5) is 0 Å². The molecule has 30 heavy (non-hydrogen) atoms. The summed E-state index contributed by atoms with van der Waals surface area (Å²) >= 11 is 7.69. The number of amides is 1. The fourth-order valence-corrected chi connectivity index (χ4v) is 4.04. The first-order valence-corrected chi connectivity index (χ1v) is 11.3. The summed E-state index contributed by atoms with van der Waals surface area (Å²) in [7, 11) is 0. The summed E-state index contributed by atoms with van der Waals surface area (Å²) in [5, 5.41) is 3.74. The summed E-state index contributed by atoms with van der Waals surface area (Å²) in [6.07, 6.45) is 0. The number of hydrogen-bond donors (Lipinski definition) is 1. The van der Waals surface area contributed by atoms with Crippen molar-refractivity contribution in [3.8, 4) is 5.75 Å². The first-order valence-electron chi connectivity index (χ1n) is 9.97. The first-order chi connectivity index (χ1) is 14.5. The van der Waals surface area contributed by atoms with Crippen molar-refractivity contribution >= 4 is 29.3 Å². The van der Waals surface area contributed by atoms with Crippen LogP contribution >= 0.6 is 23.4 Å². The van der Waals surface area contributed by atoms with Gasteiger partial charge in [0.1, 0.15) is 5.75 Å². The lowest BCUT2D eigenvalue weighted by molar-refractivity contribution is 0.0939. The minimum Gasteiger partial charge on any atom is -0.494 e. The fourth-order valence-electron chi connectivity index (χ4n) is 3.04. The molecular weight excluding hydrogens is 414 g/mol. The van der Waals surface area contributed by atoms with Gasteiger partial charge in [-0.1, -0.05) is 41.4 Å². The lowest BCUT2D eigenvalue weighted by atomic mass is 10.1. The molecule has 0 saturated heterocycles. The normalized spacial score (nSPS) is 11.7. The van der Waals surface area contributed by atoms with Crippen LogP contribution in [-0.4, -0.2) is 12.5 Å². The van der Waals surface area contributed by atoms with Gasteiger partial charge in [-0.05, 0) is 68.8 Å². The molecule has 1 N–H and O–H groups in total. The van der Waals surface area contributed by atoms with Crippen LogP contribution in [0.1, 0.15) is 46.9 Å². The van der Waals surface area contributed by atoms with Crippen LogP contribution in [0.2, 0.25) is 5.02 Å². The zero-order chi connectivity index (χ0) is 21.5. The predicted octanol–water partition coefficient (Wildman–Crippen LogP) is 6.83. The molecule has 3 aromatic rings. The van der Waals surface area contributed by atoms with Crippen LogP contribution in [-0.2, 0) is 5.75 Å². The summed E-state index contributed by atoms with van der Waals surface area (Å²) in [5.41, 5.74) is 3.88. The second kappa shape index (κ2) is 10.6. The number of hydrogen-bond acceptors (Lipinski definition) is 3. The lowest BCUT2D eigenvalue weighted by Crippen LogP contribution is -2.26. The molecule has 0 aliphatic rings. The topological polar surface area (TPSA) is 38.3 Å². The maximum absolute atomic E-state index is 12.8. The summed E-state index contributed by atoms with van der Waals surface area (Å²) in [4.78, 5) is 14.0. The predicted molar refractivity (Wildman–Crippen MR) is 126 cm³/mol. The molecule has 3 aromatic carbocycles. The van der Waals surface area contributed by atoms with Crippen LogP contribution < -0.4 is 10.1 Å². The van der Waals surface area contributed by atoms with Gasteiger partial charge in [-0.25, -0.2) is 0 Å². The molecule has 3 nitrogen and oxygen atoms in total. The van der Waals surface area contributed by atoms with Crippen molar-refractivity contribution in [3.05, 3.63) is 94.0 Å². The van der Waals surface area contributed by atoms with Gasteiger partial charge in [0, 0.05) is 26.8 Å². The SMILES string of the molecule is CCOc1ccc(C(=O)N[C@H](C)c2ccc(Cl)cc2)cc1CSc1ccc(C)cc1. The summed E-state index contributed by atoms with van der Waals surface area (Å²) in [6.45, 7) is 6.59. The van der Waals surface area contributed by atoms with E-state index in [1.807, 2.05) is 56.3 Å². The Bertz CT molecular complexity index is 987. The van der Waals surface area contributed by atoms with Crippen LogP contribution in [0.3, 0.4) is 0 Å². The second-order valence-electron chi connectivity index (χ2n) is 7.10. The van der Waals surface area contributed by atoms with Crippen LogP contribution in [0.25, 0.3) is 0 Å². The molecule has 0 aromatic heterocycles. The van der Waals surface area contributed by atoms with Gasteiger partial charge in [-0.15, -0.1) is 11.8 Å². The van der Waals surface area contributed by atoms with E-state index < -0.39 is 0 Å². The van der Waals surface area contributed by atoms with Gasteiger partial charge in [0.05, 0.1) is 12.6 Å². The molecule has 0 aliphatic carbocycles. The number of thioether (sulfide) groups is 1. The number of benzene rings is 3. The summed E-state index contributed by atoms with van der Waals surface area (Å²) in [5.74, 6) is 1.44. The van der Waals surface area contributed by atoms with Crippen molar-refractivity contribution in [2.75, 3.05) is 6.61 Å². The van der Waals surface area contributed by atoms with E-state index in [0.717, 1.165) is 22.6 Å². The van der Waals surface area contributed by atoms with Gasteiger partial charge in [0.2, 0.25) is 0 Å². The Kier molecular flexibility index (Phi) is 7.83. The summed E-state index contributed by atoms with van der Waals surface area (Å²) < 4.78 is 5.78. The molecule has 0 heterocycles. The van der Waals surface area contributed by atoms with Crippen molar-refractivity contribution in [1.29, 1.82) is 0 Å². The fraction of sp³-hybridized carbons (Fsp3) is 0.240. The van der Waals surface area contributed by atoms with Gasteiger partial charge in [0.15, 0.2) is 0 Å². The number of nitrogens with one attached hydrogen (secondary N) is 1. The molecule has 5 heteroatoms. The van der Waals surface area contributed by atoms with Crippen LogP contribution in [0.15, 0.2) is 71.6 Å². The van der Waals surface area contributed by atoms with E-state index in [0.29, 0.717) is 17.2 Å². The molecule has 1 amide bonds. The monoisotopic (exact) mass is 439 g/mol. The number of aryl methyl sites for hydroxylation is 1. The van der Waals surface area contributed by atoms with Gasteiger partial charge >= 0.3 is 0 Å². The zero-order valence-electron chi connectivity index (χ0n) is 17.4. The Morgan fingerprint density at radius 3 is 2.43 bits per heavy atom. The smallest absolute Gasteiger partial charge is 0.251 e. The van der Waals surface area contributed by atoms with Crippen molar-refractivity contribution in [3.63, 3.8) is 0 Å². The summed E-state index contributed by atoms with van der Waals surface area (Å²) in [6, 6.07) is 21.5. The molecule has 0 unspecified atom stereocenters. The number of halogens is 1. The van der Waals surface area contributed by atoms with E-state index >= 15 is 0 Å². The Morgan fingerprint density at radius 2 is 1.77 bits per heavy atom. The number of carbonyl (C=O) groups is 1. The molecule has 1 atom stereocenters. The third-order valence-electron chi connectivity index (χ3n) is 4.76. The molecule has 0 fully saturated rings. The number of carbonyl (C=O) groups excluding carboxylic acids is 1. The molecule has 3 rings (SSSR count). The number of rotatable bonds is 8. The Balaban J connectivity index is 1.73. The Morgan fingerprint density at radius 1 is 1.07 bits per heavy atom. The van der Waals surface area contributed by atoms with E-state index in [-0.39, 0.29) is 11.9 Å². The Hall–Kier alpha value is -2.43. The maximum atomic E-state index is 12.8. The standard InChI is InChI=1S/C25H26ClNO2S/c1-4-29-24-14-9-20(15-21(24)16-30-23-12-5-17(2)6-13-23)25(28)27-18(3)19-7-10-22(26)11-8-19/h5-15,18H,4,16H2,1-3H3,(H,27,28)/t18-/m1/s1. The third-order valence-corrected chi connectivity index (χ3v) is 6.07. The van der Waals surface area contributed by atoms with Gasteiger partial charge < -0.3 is 10.1 Å². The average Bonchev–Trinajstić information content (AvgIpc) is 2.74. The Labute approximate surface area is 187 Å². The van der Waals surface area contributed by atoms with Gasteiger partial charge in [0.25, 0.3) is 5.91 Å². The highest BCUT2D eigenvalue weighted by atomic mass is 35.5. The minimum atomic E-state index is -0.119. The van der Waals surface area contributed by atoms with E-state index in [9.17, 15) is 4.79 Å². The van der Waals surface area contributed by atoms with E-state index in [1.165, 1.54) is 10.5 Å². The van der Waals surface area contributed by atoms with Crippen molar-refractivity contribution in [1.82, 2.24) is 5.32 Å². The van der Waals surface area contributed by atoms with Crippen LogP contribution in [0.5, 0.6) is 5.75 Å². The molecule has 156 valence electrons. The first kappa shape index (κ1) is 22.3. The van der Waals surface area contributed by atoms with Crippen molar-refractivity contribution < 1.29 is 9.53 Å². The minimum absolute atomic E-state index is 0.109. The van der Waals surface area contributed by atoms with E-state index in [1.54, 1.807) is 11.8 Å². The number of ether oxygens (including phenoxy) is 1. The highest BCUT2D eigenvalue weighted by molar-refractivity contribution is 7.98. The molecular formula is C25H26ClNO2S. The van der Waals surface area contributed by atoms with Crippen molar-refractivity contribution in [2.24, 2.45) is 0 Å². The van der Waals surface area contributed by atoms with Crippen molar-refractivity contribution in [2.45, 2.75) is 37.5 Å². The quantitative estimate of drug-likeness (QED) is 0.391. The second-order valence-corrected chi connectivity index (χ2v) is 8.59. The zero-order valence-corrected chi connectivity index (χ0v) is 19.0. The van der Waals surface area contributed by atoms with Gasteiger partial charge in [-0.2, -0.15) is 0 Å². The maximum Gasteiger partial charge on any atom is 0.251 e. The van der Waals surface area contributed by atoms with Gasteiger partial charge in [-0.3, -0.25) is 4.79 Å². The molecule has 0 saturated carbocycles. The van der Waals surface area contributed by atoms with E-state index in [4.69, 9.17) is 16.3 Å². The highest BCUT2D eigenvalue weighted by Crippen LogP contribution is 2.29. The lowest BCUT2D eigenvalue weighted by Gasteiger charge is -2.16. The van der Waals surface area contributed by atoms with Crippen LogP contribution in [0, 0.1) is 6.92 Å².